The van der Waals surface area contributed by atoms with Crippen LogP contribution in [0.2, 0.25) is 0 Å². The molecule has 2 rings (SSSR count). The number of rotatable bonds is 4. The molecule has 0 aromatic heterocycles. The summed E-state index contributed by atoms with van der Waals surface area (Å²) in [4.78, 5) is 7.98. The largest absolute Gasteiger partial charge is 0.366 e. The minimum absolute atomic E-state index is 0.233. The van der Waals surface area contributed by atoms with Gasteiger partial charge in [-0.05, 0) is 26.0 Å². The van der Waals surface area contributed by atoms with Gasteiger partial charge in [0.2, 0.25) is 0 Å². The SMILES string of the molecule is CN=C(NCC(C)(C)S(C)(=O)=O)N1CCN(c2cc(F)ccc2F)CC1. The zero-order valence-corrected chi connectivity index (χ0v) is 16.4. The number of hydrogen-bond acceptors (Lipinski definition) is 4. The van der Waals surface area contributed by atoms with Crippen LogP contribution < -0.4 is 10.2 Å². The Labute approximate surface area is 153 Å². The van der Waals surface area contributed by atoms with E-state index in [2.05, 4.69) is 10.3 Å². The topological polar surface area (TPSA) is 65.0 Å². The highest BCUT2D eigenvalue weighted by Gasteiger charge is 2.31. The van der Waals surface area contributed by atoms with Crippen LogP contribution >= 0.6 is 0 Å². The highest BCUT2D eigenvalue weighted by molar-refractivity contribution is 7.92. The molecule has 1 N–H and O–H groups in total. The second kappa shape index (κ2) is 7.77. The molecule has 146 valence electrons. The van der Waals surface area contributed by atoms with Gasteiger partial charge in [0.25, 0.3) is 0 Å². The van der Waals surface area contributed by atoms with Gasteiger partial charge in [0.1, 0.15) is 11.6 Å². The zero-order valence-electron chi connectivity index (χ0n) is 15.6. The zero-order chi connectivity index (χ0) is 19.5. The molecule has 1 aromatic rings. The van der Waals surface area contributed by atoms with Crippen molar-refractivity contribution in [2.45, 2.75) is 18.6 Å². The third-order valence-electron chi connectivity index (χ3n) is 4.72. The van der Waals surface area contributed by atoms with Crippen LogP contribution in [0.1, 0.15) is 13.8 Å². The monoisotopic (exact) mass is 388 g/mol. The highest BCUT2D eigenvalue weighted by Crippen LogP contribution is 2.22. The molecule has 1 heterocycles. The van der Waals surface area contributed by atoms with Crippen molar-refractivity contribution in [2.75, 3.05) is 50.9 Å². The van der Waals surface area contributed by atoms with Gasteiger partial charge < -0.3 is 15.1 Å². The van der Waals surface area contributed by atoms with E-state index in [-0.39, 0.29) is 12.2 Å². The number of nitrogens with one attached hydrogen (secondary N) is 1. The van der Waals surface area contributed by atoms with Gasteiger partial charge in [0.05, 0.1) is 10.4 Å². The smallest absolute Gasteiger partial charge is 0.193 e. The lowest BCUT2D eigenvalue weighted by Crippen LogP contribution is -2.55. The second-order valence-corrected chi connectivity index (χ2v) is 9.65. The number of benzene rings is 1. The van der Waals surface area contributed by atoms with Gasteiger partial charge in [-0.2, -0.15) is 0 Å². The van der Waals surface area contributed by atoms with Crippen LogP contribution in [0.15, 0.2) is 23.2 Å². The predicted octanol–water partition coefficient (Wildman–Crippen LogP) is 1.49. The van der Waals surface area contributed by atoms with Crippen LogP contribution in [0, 0.1) is 11.6 Å². The third-order valence-corrected chi connectivity index (χ3v) is 6.87. The molecule has 1 aliphatic heterocycles. The van der Waals surface area contributed by atoms with E-state index in [1.807, 2.05) is 4.90 Å². The van der Waals surface area contributed by atoms with Crippen LogP contribution in [0.4, 0.5) is 14.5 Å². The van der Waals surface area contributed by atoms with Gasteiger partial charge in [0, 0.05) is 52.1 Å². The molecule has 1 aliphatic rings. The van der Waals surface area contributed by atoms with Crippen molar-refractivity contribution >= 4 is 21.5 Å². The molecule has 0 unspecified atom stereocenters. The number of sulfone groups is 1. The van der Waals surface area contributed by atoms with Gasteiger partial charge in [0.15, 0.2) is 15.8 Å². The van der Waals surface area contributed by atoms with Crippen LogP contribution in [0.3, 0.4) is 0 Å². The standard InChI is InChI=1S/C17H26F2N4O2S/c1-17(2,26(4,24)25)12-21-16(20-3)23-9-7-22(8-10-23)15-11-13(18)5-6-14(15)19/h5-6,11H,7-10,12H2,1-4H3,(H,20,21). The number of halogens is 2. The van der Waals surface area contributed by atoms with E-state index in [9.17, 15) is 17.2 Å². The van der Waals surface area contributed by atoms with Gasteiger partial charge in [-0.3, -0.25) is 4.99 Å². The van der Waals surface area contributed by atoms with E-state index in [1.165, 1.54) is 12.3 Å². The number of aliphatic imine (C=N–C) groups is 1. The van der Waals surface area contributed by atoms with Crippen LogP contribution in [-0.2, 0) is 9.84 Å². The van der Waals surface area contributed by atoms with Crippen LogP contribution in [-0.4, -0.2) is 70.1 Å². The molecule has 0 atom stereocenters. The fourth-order valence-corrected chi connectivity index (χ4v) is 2.98. The maximum Gasteiger partial charge on any atom is 0.193 e. The molecule has 0 bridgehead atoms. The summed E-state index contributed by atoms with van der Waals surface area (Å²) in [6.07, 6.45) is 1.21. The molecule has 0 spiro atoms. The van der Waals surface area contributed by atoms with E-state index in [4.69, 9.17) is 0 Å². The molecule has 1 fully saturated rings. The highest BCUT2D eigenvalue weighted by atomic mass is 32.2. The quantitative estimate of drug-likeness (QED) is 0.625. The summed E-state index contributed by atoms with van der Waals surface area (Å²) in [5.41, 5.74) is 0.255. The number of hydrogen-bond donors (Lipinski definition) is 1. The first-order chi connectivity index (χ1) is 12.0. The Bertz CT molecular complexity index is 773. The molecule has 1 saturated heterocycles. The van der Waals surface area contributed by atoms with Gasteiger partial charge >= 0.3 is 0 Å². The first-order valence-corrected chi connectivity index (χ1v) is 10.3. The average molecular weight is 388 g/mol. The van der Waals surface area contributed by atoms with E-state index in [1.54, 1.807) is 25.8 Å². The van der Waals surface area contributed by atoms with Gasteiger partial charge in [-0.25, -0.2) is 17.2 Å². The van der Waals surface area contributed by atoms with E-state index in [0.29, 0.717) is 32.1 Å². The molecule has 9 heteroatoms. The maximum atomic E-state index is 13.9. The Morgan fingerprint density at radius 3 is 2.38 bits per heavy atom. The maximum absolute atomic E-state index is 13.9. The second-order valence-electron chi connectivity index (χ2n) is 7.00. The molecule has 0 aliphatic carbocycles. The van der Waals surface area contributed by atoms with Crippen molar-refractivity contribution in [1.29, 1.82) is 0 Å². The Morgan fingerprint density at radius 2 is 1.85 bits per heavy atom. The van der Waals surface area contributed by atoms with E-state index >= 15 is 0 Å². The Balaban J connectivity index is 1.98. The number of piperazine rings is 1. The number of guanidine groups is 1. The minimum atomic E-state index is -3.21. The summed E-state index contributed by atoms with van der Waals surface area (Å²) >= 11 is 0. The minimum Gasteiger partial charge on any atom is -0.366 e. The molecule has 1 aromatic carbocycles. The molecule has 0 saturated carbocycles. The molecular formula is C17H26F2N4O2S. The Kier molecular flexibility index (Phi) is 6.10. The summed E-state index contributed by atoms with van der Waals surface area (Å²) in [6.45, 7) is 5.70. The van der Waals surface area contributed by atoms with Crippen molar-refractivity contribution in [2.24, 2.45) is 4.99 Å². The lowest BCUT2D eigenvalue weighted by atomic mass is 10.2. The fraction of sp³-hybridized carbons (Fsp3) is 0.588. The number of nitrogens with zero attached hydrogens (tertiary/aromatic N) is 3. The summed E-state index contributed by atoms with van der Waals surface area (Å²) in [6, 6.07) is 3.43. The summed E-state index contributed by atoms with van der Waals surface area (Å²) in [5.74, 6) is -0.317. The summed E-state index contributed by atoms with van der Waals surface area (Å²) in [7, 11) is -1.58. The third kappa shape index (κ3) is 4.63. The van der Waals surface area contributed by atoms with Crippen molar-refractivity contribution < 1.29 is 17.2 Å². The van der Waals surface area contributed by atoms with Gasteiger partial charge in [-0.1, -0.05) is 0 Å². The molecule has 0 radical (unpaired) electrons. The molecule has 0 amide bonds. The summed E-state index contributed by atoms with van der Waals surface area (Å²) in [5, 5.41) is 3.11. The Morgan fingerprint density at radius 1 is 1.23 bits per heavy atom. The summed E-state index contributed by atoms with van der Waals surface area (Å²) < 4.78 is 50.0. The van der Waals surface area contributed by atoms with Crippen molar-refractivity contribution in [1.82, 2.24) is 10.2 Å². The molecular weight excluding hydrogens is 362 g/mol. The fourth-order valence-electron chi connectivity index (χ4n) is 2.64. The first kappa shape index (κ1) is 20.4. The van der Waals surface area contributed by atoms with Crippen molar-refractivity contribution in [3.63, 3.8) is 0 Å². The molecule has 6 nitrogen and oxygen atoms in total. The number of anilines is 1. The first-order valence-electron chi connectivity index (χ1n) is 8.40. The normalized spacial score (nSPS) is 16.8. The van der Waals surface area contributed by atoms with Crippen LogP contribution in [0.5, 0.6) is 0 Å². The predicted molar refractivity (Wildman–Crippen MR) is 100 cm³/mol. The van der Waals surface area contributed by atoms with E-state index in [0.717, 1.165) is 12.1 Å². The van der Waals surface area contributed by atoms with Crippen molar-refractivity contribution in [3.05, 3.63) is 29.8 Å². The lowest BCUT2D eigenvalue weighted by molar-refractivity contribution is 0.368. The average Bonchev–Trinajstić information content (AvgIpc) is 2.57. The van der Waals surface area contributed by atoms with Gasteiger partial charge in [-0.15, -0.1) is 0 Å². The van der Waals surface area contributed by atoms with Crippen molar-refractivity contribution in [3.8, 4) is 0 Å². The van der Waals surface area contributed by atoms with E-state index < -0.39 is 26.2 Å². The molecule has 26 heavy (non-hydrogen) atoms. The Hall–Kier alpha value is -1.90. The lowest BCUT2D eigenvalue weighted by Gasteiger charge is -2.38. The van der Waals surface area contributed by atoms with Crippen LogP contribution in [0.25, 0.3) is 0 Å².